The second-order valence-electron chi connectivity index (χ2n) is 3.72. The van der Waals surface area contributed by atoms with Gasteiger partial charge in [0.15, 0.2) is 0 Å². The van der Waals surface area contributed by atoms with Crippen LogP contribution in [0, 0.1) is 5.82 Å². The summed E-state index contributed by atoms with van der Waals surface area (Å²) in [7, 11) is 0. The molecule has 17 heavy (non-hydrogen) atoms. The van der Waals surface area contributed by atoms with Gasteiger partial charge < -0.3 is 10.3 Å². The minimum atomic E-state index is -0.301. The molecular formula is C13H13FN2O. The normalized spacial score (nSPS) is 10.5. The average molecular weight is 232 g/mol. The van der Waals surface area contributed by atoms with Crippen molar-refractivity contribution in [3.8, 4) is 11.1 Å². The number of halogens is 1. The molecule has 3 nitrogen and oxygen atoms in total. The van der Waals surface area contributed by atoms with Gasteiger partial charge in [-0.15, -0.1) is 0 Å². The zero-order valence-electron chi connectivity index (χ0n) is 9.27. The van der Waals surface area contributed by atoms with Crippen LogP contribution in [0.15, 0.2) is 47.4 Å². The number of nitrogens with zero attached hydrogens (tertiary/aromatic N) is 1. The highest BCUT2D eigenvalue weighted by Crippen LogP contribution is 2.20. The van der Waals surface area contributed by atoms with Crippen molar-refractivity contribution in [1.29, 1.82) is 0 Å². The molecule has 0 saturated carbocycles. The van der Waals surface area contributed by atoms with E-state index in [2.05, 4.69) is 0 Å². The fourth-order valence-corrected chi connectivity index (χ4v) is 1.70. The molecule has 0 bridgehead atoms. The first-order valence-corrected chi connectivity index (χ1v) is 5.38. The molecular weight excluding hydrogens is 219 g/mol. The van der Waals surface area contributed by atoms with Gasteiger partial charge in [0.05, 0.1) is 0 Å². The lowest BCUT2D eigenvalue weighted by atomic mass is 10.1. The van der Waals surface area contributed by atoms with Gasteiger partial charge in [-0.05, 0) is 12.1 Å². The lowest BCUT2D eigenvalue weighted by Gasteiger charge is -2.07. The number of nitrogens with two attached hydrogens (primary N) is 1. The van der Waals surface area contributed by atoms with Crippen molar-refractivity contribution in [1.82, 2.24) is 4.57 Å². The van der Waals surface area contributed by atoms with E-state index in [4.69, 9.17) is 5.73 Å². The number of rotatable bonds is 3. The van der Waals surface area contributed by atoms with Crippen LogP contribution in [-0.4, -0.2) is 11.1 Å². The summed E-state index contributed by atoms with van der Waals surface area (Å²) in [5.74, 6) is -0.301. The minimum Gasteiger partial charge on any atom is -0.329 e. The van der Waals surface area contributed by atoms with E-state index in [0.29, 0.717) is 24.2 Å². The maximum Gasteiger partial charge on any atom is 0.250 e. The quantitative estimate of drug-likeness (QED) is 0.874. The van der Waals surface area contributed by atoms with Gasteiger partial charge in [0.1, 0.15) is 5.82 Å². The molecule has 0 saturated heterocycles. The second-order valence-corrected chi connectivity index (χ2v) is 3.72. The van der Waals surface area contributed by atoms with Crippen LogP contribution in [0.25, 0.3) is 11.1 Å². The Balaban J connectivity index is 2.50. The topological polar surface area (TPSA) is 48.0 Å². The fourth-order valence-electron chi connectivity index (χ4n) is 1.70. The van der Waals surface area contributed by atoms with Crippen molar-refractivity contribution >= 4 is 0 Å². The number of aromatic nitrogens is 1. The maximum absolute atomic E-state index is 13.6. The molecule has 0 fully saturated rings. The van der Waals surface area contributed by atoms with Crippen molar-refractivity contribution in [2.45, 2.75) is 6.54 Å². The van der Waals surface area contributed by atoms with Crippen LogP contribution in [0.3, 0.4) is 0 Å². The highest BCUT2D eigenvalue weighted by molar-refractivity contribution is 5.62. The molecule has 0 amide bonds. The Labute approximate surface area is 98.3 Å². The van der Waals surface area contributed by atoms with Gasteiger partial charge in [-0.1, -0.05) is 18.2 Å². The molecule has 1 aromatic carbocycles. The Bertz CT molecular complexity index is 578. The Kier molecular flexibility index (Phi) is 3.35. The molecule has 2 rings (SSSR count). The predicted octanol–water partition coefficient (Wildman–Crippen LogP) is 1.61. The van der Waals surface area contributed by atoms with Gasteiger partial charge >= 0.3 is 0 Å². The molecule has 1 heterocycles. The number of pyridine rings is 1. The molecule has 0 aliphatic heterocycles. The van der Waals surface area contributed by atoms with E-state index >= 15 is 0 Å². The third-order valence-corrected chi connectivity index (χ3v) is 2.54. The Morgan fingerprint density at radius 1 is 1.18 bits per heavy atom. The van der Waals surface area contributed by atoms with E-state index in [9.17, 15) is 9.18 Å². The van der Waals surface area contributed by atoms with Gasteiger partial charge in [0, 0.05) is 36.5 Å². The zero-order chi connectivity index (χ0) is 12.3. The van der Waals surface area contributed by atoms with Gasteiger partial charge in [-0.3, -0.25) is 4.79 Å². The van der Waals surface area contributed by atoms with Crippen LogP contribution in [0.1, 0.15) is 0 Å². The molecule has 2 N–H and O–H groups in total. The van der Waals surface area contributed by atoms with Gasteiger partial charge in [-0.25, -0.2) is 4.39 Å². The first-order chi connectivity index (χ1) is 8.22. The van der Waals surface area contributed by atoms with Crippen molar-refractivity contribution in [3.63, 3.8) is 0 Å². The van der Waals surface area contributed by atoms with Crippen LogP contribution in [0.4, 0.5) is 4.39 Å². The molecule has 0 spiro atoms. The Morgan fingerprint density at radius 3 is 2.65 bits per heavy atom. The van der Waals surface area contributed by atoms with E-state index in [1.807, 2.05) is 0 Å². The molecule has 2 aromatic rings. The third kappa shape index (κ3) is 2.42. The molecule has 88 valence electrons. The van der Waals surface area contributed by atoms with Crippen molar-refractivity contribution < 1.29 is 4.39 Å². The summed E-state index contributed by atoms with van der Waals surface area (Å²) >= 11 is 0. The van der Waals surface area contributed by atoms with Gasteiger partial charge in [0.25, 0.3) is 5.56 Å². The lowest BCUT2D eigenvalue weighted by molar-refractivity contribution is 0.630. The van der Waals surface area contributed by atoms with Crippen LogP contribution in [0.5, 0.6) is 0 Å². The number of hydrogen-bond acceptors (Lipinski definition) is 2. The first-order valence-electron chi connectivity index (χ1n) is 5.38. The van der Waals surface area contributed by atoms with Crippen molar-refractivity contribution in [3.05, 3.63) is 58.8 Å². The number of hydrogen-bond donors (Lipinski definition) is 1. The van der Waals surface area contributed by atoms with E-state index in [0.717, 1.165) is 0 Å². The summed E-state index contributed by atoms with van der Waals surface area (Å²) in [5, 5.41) is 0. The lowest BCUT2D eigenvalue weighted by Crippen LogP contribution is -2.22. The zero-order valence-corrected chi connectivity index (χ0v) is 9.27. The Hall–Kier alpha value is -1.94. The van der Waals surface area contributed by atoms with E-state index in [-0.39, 0.29) is 11.4 Å². The van der Waals surface area contributed by atoms with Crippen molar-refractivity contribution in [2.24, 2.45) is 5.73 Å². The van der Waals surface area contributed by atoms with Gasteiger partial charge in [-0.2, -0.15) is 0 Å². The summed E-state index contributed by atoms with van der Waals surface area (Å²) in [6.07, 6.45) is 1.63. The van der Waals surface area contributed by atoms with Crippen LogP contribution in [0.2, 0.25) is 0 Å². The van der Waals surface area contributed by atoms with E-state index in [1.54, 1.807) is 30.5 Å². The summed E-state index contributed by atoms with van der Waals surface area (Å²) in [4.78, 5) is 11.5. The maximum atomic E-state index is 13.6. The fraction of sp³-hybridized carbons (Fsp3) is 0.154. The summed E-state index contributed by atoms with van der Waals surface area (Å²) in [6.45, 7) is 0.807. The first kappa shape index (κ1) is 11.5. The Morgan fingerprint density at radius 2 is 1.94 bits per heavy atom. The van der Waals surface area contributed by atoms with Crippen LogP contribution < -0.4 is 11.3 Å². The third-order valence-electron chi connectivity index (χ3n) is 2.54. The largest absolute Gasteiger partial charge is 0.329 e. The van der Waals surface area contributed by atoms with Crippen molar-refractivity contribution in [2.75, 3.05) is 6.54 Å². The van der Waals surface area contributed by atoms with E-state index in [1.165, 1.54) is 16.7 Å². The predicted molar refractivity (Wildman–Crippen MR) is 65.2 cm³/mol. The smallest absolute Gasteiger partial charge is 0.250 e. The molecule has 1 aromatic heterocycles. The second kappa shape index (κ2) is 4.93. The highest BCUT2D eigenvalue weighted by Gasteiger charge is 2.05. The van der Waals surface area contributed by atoms with Crippen LogP contribution in [-0.2, 0) is 6.54 Å². The molecule has 4 heteroatoms. The highest BCUT2D eigenvalue weighted by atomic mass is 19.1. The standard InChI is InChI=1S/C13H13FN2O/c14-12-4-2-1-3-11(12)10-5-6-13(17)16(9-10)8-7-15/h1-6,9H,7-8,15H2. The molecule has 0 unspecified atom stereocenters. The summed E-state index contributed by atoms with van der Waals surface area (Å²) in [6, 6.07) is 9.52. The minimum absolute atomic E-state index is 0.129. The molecule has 0 atom stereocenters. The molecule has 0 aliphatic carbocycles. The summed E-state index contributed by atoms with van der Waals surface area (Å²) in [5.41, 5.74) is 6.45. The van der Waals surface area contributed by atoms with Gasteiger partial charge in [0.2, 0.25) is 0 Å². The molecule has 0 radical (unpaired) electrons. The summed E-state index contributed by atoms with van der Waals surface area (Å²) < 4.78 is 15.1. The number of benzene rings is 1. The SMILES string of the molecule is NCCn1cc(-c2ccccc2F)ccc1=O. The van der Waals surface area contributed by atoms with Crippen LogP contribution >= 0.6 is 0 Å². The molecule has 0 aliphatic rings. The monoisotopic (exact) mass is 232 g/mol. The average Bonchev–Trinajstić information content (AvgIpc) is 2.33. The van der Waals surface area contributed by atoms with E-state index < -0.39 is 0 Å².